The quantitative estimate of drug-likeness (QED) is 0.607. The highest BCUT2D eigenvalue weighted by molar-refractivity contribution is 6.37. The second-order valence-corrected chi connectivity index (χ2v) is 7.32. The lowest BCUT2D eigenvalue weighted by atomic mass is 10.3. The molecule has 3 aromatic rings. The molecule has 30 heavy (non-hydrogen) atoms. The molecule has 10 nitrogen and oxygen atoms in total. The summed E-state index contributed by atoms with van der Waals surface area (Å²) in [5.74, 6) is -1.20. The van der Waals surface area contributed by atoms with Crippen LogP contribution in [-0.2, 0) is 0 Å². The Kier molecular flexibility index (Phi) is 4.96. The predicted molar refractivity (Wildman–Crippen MR) is 106 cm³/mol. The van der Waals surface area contributed by atoms with Crippen LogP contribution in [0.2, 0.25) is 10.0 Å². The van der Waals surface area contributed by atoms with Crippen LogP contribution in [0.5, 0.6) is 11.5 Å². The number of pyridine rings is 1. The second kappa shape index (κ2) is 7.47. The summed E-state index contributed by atoms with van der Waals surface area (Å²) in [6.45, 7) is 0. The van der Waals surface area contributed by atoms with Crippen LogP contribution in [0.15, 0.2) is 44.8 Å². The summed E-state index contributed by atoms with van der Waals surface area (Å²) in [5.41, 5.74) is -3.10. The molecule has 0 spiro atoms. The molecule has 1 aromatic carbocycles. The van der Waals surface area contributed by atoms with Gasteiger partial charge < -0.3 is 14.4 Å². The minimum absolute atomic E-state index is 0.00144. The number of nitrogens with zero attached hydrogens (tertiary/aromatic N) is 3. The third kappa shape index (κ3) is 3.74. The molecule has 0 bridgehead atoms. The number of hydrogen-bond donors (Lipinski definition) is 2. The Labute approximate surface area is 176 Å². The van der Waals surface area contributed by atoms with Crippen molar-refractivity contribution in [3.63, 3.8) is 0 Å². The van der Waals surface area contributed by atoms with Gasteiger partial charge in [-0.1, -0.05) is 23.2 Å². The van der Waals surface area contributed by atoms with Gasteiger partial charge in [0.2, 0.25) is 5.69 Å². The smallest absolute Gasteiger partial charge is 0.362 e. The first-order chi connectivity index (χ1) is 14.2. The van der Waals surface area contributed by atoms with Gasteiger partial charge in [-0.2, -0.15) is 9.78 Å². The maximum absolute atomic E-state index is 12.1. The van der Waals surface area contributed by atoms with Crippen molar-refractivity contribution in [1.82, 2.24) is 19.3 Å². The first-order valence-corrected chi connectivity index (χ1v) is 9.36. The zero-order valence-corrected chi connectivity index (χ0v) is 16.5. The van der Waals surface area contributed by atoms with Gasteiger partial charge in [-0.15, -0.1) is 0 Å². The average molecular weight is 451 g/mol. The Bertz CT molecular complexity index is 1330. The lowest BCUT2D eigenvalue weighted by Crippen LogP contribution is -2.35. The van der Waals surface area contributed by atoms with E-state index in [9.17, 15) is 19.2 Å². The molecule has 1 saturated carbocycles. The zero-order valence-electron chi connectivity index (χ0n) is 15.0. The third-order valence-electron chi connectivity index (χ3n) is 4.33. The molecule has 4 rings (SSSR count). The number of H-pyrrole nitrogens is 1. The van der Waals surface area contributed by atoms with Crippen LogP contribution < -0.4 is 21.5 Å². The summed E-state index contributed by atoms with van der Waals surface area (Å²) in [6.07, 6.45) is 3.39. The SMILES string of the molecule is O=C(O)c1nn(-c2cc(Cl)c(Oc3ccc(=O)n(C4CC4)c3)c(Cl)c2)c(=O)[nH]c1=O. The Morgan fingerprint density at radius 2 is 1.83 bits per heavy atom. The topological polar surface area (TPSA) is 136 Å². The van der Waals surface area contributed by atoms with Crippen LogP contribution in [0.4, 0.5) is 0 Å². The Hall–Kier alpha value is -3.37. The molecule has 2 N–H and O–H groups in total. The van der Waals surface area contributed by atoms with Crippen molar-refractivity contribution in [3.8, 4) is 17.2 Å². The van der Waals surface area contributed by atoms with E-state index < -0.39 is 22.9 Å². The highest BCUT2D eigenvalue weighted by atomic mass is 35.5. The summed E-state index contributed by atoms with van der Waals surface area (Å²) in [6, 6.07) is 5.56. The first-order valence-electron chi connectivity index (χ1n) is 8.61. The zero-order chi connectivity index (χ0) is 21.6. The number of ether oxygens (including phenoxy) is 1. The summed E-state index contributed by atoms with van der Waals surface area (Å²) in [7, 11) is 0. The molecule has 0 unspecified atom stereocenters. The number of hydrogen-bond acceptors (Lipinski definition) is 6. The van der Waals surface area contributed by atoms with Crippen molar-refractivity contribution in [2.45, 2.75) is 18.9 Å². The number of rotatable bonds is 5. The number of nitrogens with one attached hydrogen (secondary N) is 1. The maximum atomic E-state index is 12.1. The van der Waals surface area contributed by atoms with E-state index in [1.165, 1.54) is 24.3 Å². The summed E-state index contributed by atoms with van der Waals surface area (Å²) < 4.78 is 7.96. The molecule has 0 radical (unpaired) electrons. The average Bonchev–Trinajstić information content (AvgIpc) is 3.50. The van der Waals surface area contributed by atoms with Gasteiger partial charge in [-0.25, -0.2) is 9.59 Å². The van der Waals surface area contributed by atoms with Crippen LogP contribution in [-0.4, -0.2) is 30.4 Å². The second-order valence-electron chi connectivity index (χ2n) is 6.51. The molecule has 0 saturated heterocycles. The van der Waals surface area contributed by atoms with Crippen LogP contribution in [0.25, 0.3) is 5.69 Å². The minimum Gasteiger partial charge on any atom is -0.476 e. The van der Waals surface area contributed by atoms with Gasteiger partial charge in [-0.3, -0.25) is 14.6 Å². The van der Waals surface area contributed by atoms with Crippen molar-refractivity contribution in [2.75, 3.05) is 0 Å². The fraction of sp³-hybridized carbons (Fsp3) is 0.167. The van der Waals surface area contributed by atoms with Crippen LogP contribution in [0.3, 0.4) is 0 Å². The van der Waals surface area contributed by atoms with E-state index in [1.54, 1.807) is 10.8 Å². The van der Waals surface area contributed by atoms with E-state index in [0.717, 1.165) is 12.8 Å². The molecule has 0 aliphatic heterocycles. The highest BCUT2D eigenvalue weighted by Gasteiger charge is 2.25. The molecule has 1 aliphatic carbocycles. The van der Waals surface area contributed by atoms with Gasteiger partial charge in [0.1, 0.15) is 5.75 Å². The number of carbonyl (C=O) groups is 1. The van der Waals surface area contributed by atoms with Gasteiger partial charge in [0.15, 0.2) is 5.75 Å². The van der Waals surface area contributed by atoms with Crippen molar-refractivity contribution < 1.29 is 14.6 Å². The molecule has 0 amide bonds. The Morgan fingerprint density at radius 1 is 1.17 bits per heavy atom. The first kappa shape index (κ1) is 19.9. The van der Waals surface area contributed by atoms with Crippen molar-refractivity contribution in [1.29, 1.82) is 0 Å². The van der Waals surface area contributed by atoms with E-state index in [-0.39, 0.29) is 33.1 Å². The molecule has 2 heterocycles. The fourth-order valence-electron chi connectivity index (χ4n) is 2.78. The number of carboxylic acids is 1. The summed E-state index contributed by atoms with van der Waals surface area (Å²) in [5, 5.41) is 12.6. The van der Waals surface area contributed by atoms with Crippen molar-refractivity contribution in [3.05, 3.63) is 77.4 Å². The lowest BCUT2D eigenvalue weighted by Gasteiger charge is -2.13. The summed E-state index contributed by atoms with van der Waals surface area (Å²) >= 11 is 12.5. The highest BCUT2D eigenvalue weighted by Crippen LogP contribution is 2.39. The maximum Gasteiger partial charge on any atom is 0.362 e. The van der Waals surface area contributed by atoms with Crippen molar-refractivity contribution >= 4 is 29.2 Å². The number of aromatic amines is 1. The van der Waals surface area contributed by atoms with Gasteiger partial charge in [0.05, 0.1) is 21.9 Å². The van der Waals surface area contributed by atoms with E-state index in [0.29, 0.717) is 10.4 Å². The monoisotopic (exact) mass is 450 g/mol. The number of halogens is 2. The van der Waals surface area contributed by atoms with Crippen LogP contribution >= 0.6 is 23.2 Å². The number of aromatic carboxylic acids is 1. The van der Waals surface area contributed by atoms with E-state index >= 15 is 0 Å². The lowest BCUT2D eigenvalue weighted by molar-refractivity contribution is 0.0685. The molecule has 0 atom stereocenters. The molecular formula is C18H12Cl2N4O6. The van der Waals surface area contributed by atoms with E-state index in [4.69, 9.17) is 33.0 Å². The van der Waals surface area contributed by atoms with E-state index in [1.807, 2.05) is 4.98 Å². The van der Waals surface area contributed by atoms with Crippen molar-refractivity contribution in [2.24, 2.45) is 0 Å². The Morgan fingerprint density at radius 3 is 2.43 bits per heavy atom. The normalized spacial score (nSPS) is 13.3. The number of benzene rings is 1. The van der Waals surface area contributed by atoms with E-state index in [2.05, 4.69) is 5.10 Å². The molecule has 1 aliphatic rings. The third-order valence-corrected chi connectivity index (χ3v) is 4.89. The molecule has 1 fully saturated rings. The van der Waals surface area contributed by atoms with Gasteiger partial charge in [-0.05, 0) is 31.0 Å². The van der Waals surface area contributed by atoms with Crippen LogP contribution in [0.1, 0.15) is 29.4 Å². The minimum atomic E-state index is -1.60. The molecular weight excluding hydrogens is 439 g/mol. The fourth-order valence-corrected chi connectivity index (χ4v) is 3.33. The molecule has 12 heteroatoms. The standard InChI is InChI=1S/C18H12Cl2N4O6/c19-11-5-9(24-18(29)21-16(26)14(22-24)17(27)28)6-12(20)15(11)30-10-3-4-13(25)23(7-10)8-1-2-8/h3-8H,1-2H2,(H,27,28)(H,21,26,29). The molecule has 2 aromatic heterocycles. The summed E-state index contributed by atoms with van der Waals surface area (Å²) in [4.78, 5) is 48.5. The number of carboxylic acid groups (broad SMARTS) is 1. The predicted octanol–water partition coefficient (Wildman–Crippen LogP) is 2.21. The molecule has 154 valence electrons. The van der Waals surface area contributed by atoms with Gasteiger partial charge in [0.25, 0.3) is 11.1 Å². The Balaban J connectivity index is 1.73. The number of aromatic nitrogens is 4. The van der Waals surface area contributed by atoms with Gasteiger partial charge in [0, 0.05) is 12.1 Å². The largest absolute Gasteiger partial charge is 0.476 e. The van der Waals surface area contributed by atoms with Crippen LogP contribution in [0, 0.1) is 0 Å². The van der Waals surface area contributed by atoms with Gasteiger partial charge >= 0.3 is 11.7 Å².